The summed E-state index contributed by atoms with van der Waals surface area (Å²) in [6, 6.07) is 8.03. The highest BCUT2D eigenvalue weighted by Gasteiger charge is 2.59. The zero-order chi connectivity index (χ0) is 23.4. The Hall–Kier alpha value is -3.13. The molecule has 8 heteroatoms. The Morgan fingerprint density at radius 2 is 2.15 bits per heavy atom. The molecule has 2 aliphatic rings. The molecule has 3 aromatic rings. The van der Waals surface area contributed by atoms with E-state index in [0.29, 0.717) is 18.2 Å². The summed E-state index contributed by atoms with van der Waals surface area (Å²) in [4.78, 5) is 16.7. The van der Waals surface area contributed by atoms with Crippen LogP contribution in [0.1, 0.15) is 67.8 Å². The van der Waals surface area contributed by atoms with Gasteiger partial charge in [-0.15, -0.1) is 0 Å². The lowest BCUT2D eigenvalue weighted by Gasteiger charge is -2.35. The maximum Gasteiger partial charge on any atom is 0.417 e. The summed E-state index contributed by atoms with van der Waals surface area (Å²) in [7, 11) is 0. The maximum absolute atomic E-state index is 12.3. The first-order chi connectivity index (χ1) is 15.7. The van der Waals surface area contributed by atoms with Gasteiger partial charge in [-0.1, -0.05) is 30.8 Å². The number of hydrogen-bond donors (Lipinski definition) is 1. The minimum Gasteiger partial charge on any atom is -0.477 e. The number of carbonyl (C=O) groups is 1. The van der Waals surface area contributed by atoms with Crippen LogP contribution in [0.5, 0.6) is 6.08 Å². The number of ether oxygens (including phenoxy) is 2. The summed E-state index contributed by atoms with van der Waals surface area (Å²) < 4.78 is 18.4. The maximum atomic E-state index is 12.3. The summed E-state index contributed by atoms with van der Waals surface area (Å²) >= 11 is 0. The monoisotopic (exact) mass is 451 g/mol. The van der Waals surface area contributed by atoms with Crippen LogP contribution in [0.2, 0.25) is 0 Å². The second-order valence-electron chi connectivity index (χ2n) is 9.80. The molecule has 33 heavy (non-hydrogen) atoms. The average molecular weight is 452 g/mol. The quantitative estimate of drug-likeness (QED) is 0.518. The highest BCUT2D eigenvalue weighted by molar-refractivity contribution is 5.95. The molecular weight excluding hydrogens is 422 g/mol. The molecule has 1 saturated carbocycles. The molecule has 1 saturated heterocycles. The standard InChI is InChI=1S/C25H29N3O5/c1-5-9-31-23-26-22(27-33-23)25(13-15(25)2)28-19-7-6-16(11-18(19)12-20(28)21(29)30)17-8-10-32-24(3,4)14-17/h5-7,11-12,15,17H,1,8-10,13-14H2,2-4H3,(H,29,30)/t15-,17-,25-/m0/s1. The zero-order valence-corrected chi connectivity index (χ0v) is 19.2. The average Bonchev–Trinajstić information content (AvgIpc) is 3.13. The molecule has 8 nitrogen and oxygen atoms in total. The van der Waals surface area contributed by atoms with Crippen molar-refractivity contribution in [3.63, 3.8) is 0 Å². The molecule has 0 spiro atoms. The van der Waals surface area contributed by atoms with Crippen molar-refractivity contribution in [3.8, 4) is 6.08 Å². The van der Waals surface area contributed by atoms with E-state index in [1.165, 1.54) is 5.56 Å². The van der Waals surface area contributed by atoms with E-state index in [9.17, 15) is 9.90 Å². The van der Waals surface area contributed by atoms with E-state index in [1.54, 1.807) is 12.1 Å². The Morgan fingerprint density at radius 3 is 2.82 bits per heavy atom. The molecule has 5 rings (SSSR count). The van der Waals surface area contributed by atoms with Crippen LogP contribution in [0.15, 0.2) is 41.4 Å². The number of nitrogens with zero attached hydrogens (tertiary/aromatic N) is 3. The van der Waals surface area contributed by atoms with Crippen LogP contribution in [-0.2, 0) is 10.3 Å². The summed E-state index contributed by atoms with van der Waals surface area (Å²) in [5, 5.41) is 15.1. The Labute approximate surface area is 192 Å². The van der Waals surface area contributed by atoms with Crippen LogP contribution in [0.3, 0.4) is 0 Å². The number of carboxylic acid groups (broad SMARTS) is 1. The number of aromatic carboxylic acids is 1. The van der Waals surface area contributed by atoms with Crippen molar-refractivity contribution in [1.82, 2.24) is 14.7 Å². The predicted molar refractivity (Wildman–Crippen MR) is 122 cm³/mol. The fourth-order valence-electron chi connectivity index (χ4n) is 5.30. The Balaban J connectivity index is 1.58. The van der Waals surface area contributed by atoms with Gasteiger partial charge in [0, 0.05) is 17.5 Å². The minimum atomic E-state index is -0.981. The van der Waals surface area contributed by atoms with E-state index < -0.39 is 11.5 Å². The molecule has 3 heterocycles. The molecule has 3 atom stereocenters. The minimum absolute atomic E-state index is 0.0566. The first-order valence-electron chi connectivity index (χ1n) is 11.4. The van der Waals surface area contributed by atoms with Crippen LogP contribution in [0.25, 0.3) is 10.9 Å². The van der Waals surface area contributed by atoms with Crippen molar-refractivity contribution in [3.05, 3.63) is 54.0 Å². The van der Waals surface area contributed by atoms with E-state index >= 15 is 0 Å². The van der Waals surface area contributed by atoms with Crippen LogP contribution in [-0.4, -0.2) is 44.6 Å². The number of hydrogen-bond acceptors (Lipinski definition) is 6. The van der Waals surface area contributed by atoms with Crippen molar-refractivity contribution in [1.29, 1.82) is 0 Å². The van der Waals surface area contributed by atoms with Crippen molar-refractivity contribution in [2.24, 2.45) is 5.92 Å². The highest BCUT2D eigenvalue weighted by atomic mass is 16.6. The molecule has 1 aliphatic heterocycles. The van der Waals surface area contributed by atoms with E-state index in [0.717, 1.165) is 30.4 Å². The summed E-state index contributed by atoms with van der Waals surface area (Å²) in [5.41, 5.74) is 1.44. The van der Waals surface area contributed by atoms with Gasteiger partial charge < -0.3 is 19.1 Å². The van der Waals surface area contributed by atoms with Crippen LogP contribution in [0, 0.1) is 5.92 Å². The first kappa shape index (κ1) is 21.7. The summed E-state index contributed by atoms with van der Waals surface area (Å²) in [5.74, 6) is -0.0215. The van der Waals surface area contributed by atoms with Gasteiger partial charge in [-0.2, -0.15) is 4.98 Å². The van der Waals surface area contributed by atoms with E-state index in [4.69, 9.17) is 14.0 Å². The summed E-state index contributed by atoms with van der Waals surface area (Å²) in [6.45, 7) is 10.9. The number of rotatable bonds is 7. The van der Waals surface area contributed by atoms with Gasteiger partial charge in [0.15, 0.2) is 0 Å². The van der Waals surface area contributed by atoms with Crippen molar-refractivity contribution < 1.29 is 23.9 Å². The molecule has 0 bridgehead atoms. The number of aromatic nitrogens is 3. The van der Waals surface area contributed by atoms with Gasteiger partial charge in [-0.05, 0) is 68.7 Å². The molecule has 0 radical (unpaired) electrons. The van der Waals surface area contributed by atoms with Crippen LogP contribution >= 0.6 is 0 Å². The SMILES string of the molecule is C=CCOc1nc([C@]2(n3c(C(=O)O)cc4cc([C@H]5CCOC(C)(C)C5)ccc43)C[C@@H]2C)no1. The molecule has 2 fully saturated rings. The molecule has 1 aliphatic carbocycles. The predicted octanol–water partition coefficient (Wildman–Crippen LogP) is 4.74. The lowest BCUT2D eigenvalue weighted by atomic mass is 9.83. The van der Waals surface area contributed by atoms with Crippen molar-refractivity contribution in [2.45, 2.75) is 57.1 Å². The molecule has 2 aromatic heterocycles. The van der Waals surface area contributed by atoms with Gasteiger partial charge in [-0.25, -0.2) is 4.79 Å². The number of carboxylic acids is 1. The van der Waals surface area contributed by atoms with Gasteiger partial charge in [0.25, 0.3) is 0 Å². The third-order valence-electron chi connectivity index (χ3n) is 7.00. The Morgan fingerprint density at radius 1 is 1.36 bits per heavy atom. The Bertz CT molecular complexity index is 1230. The van der Waals surface area contributed by atoms with Crippen LogP contribution < -0.4 is 4.74 Å². The number of fused-ring (bicyclic) bond motifs is 1. The van der Waals surface area contributed by atoms with E-state index in [-0.39, 0.29) is 29.9 Å². The second kappa shape index (κ2) is 7.73. The van der Waals surface area contributed by atoms with Crippen LogP contribution in [0.4, 0.5) is 0 Å². The molecule has 1 aromatic carbocycles. The van der Waals surface area contributed by atoms with Gasteiger partial charge >= 0.3 is 12.0 Å². The van der Waals surface area contributed by atoms with Crippen molar-refractivity contribution in [2.75, 3.05) is 13.2 Å². The largest absolute Gasteiger partial charge is 0.477 e. The smallest absolute Gasteiger partial charge is 0.417 e. The lowest BCUT2D eigenvalue weighted by Crippen LogP contribution is -2.32. The third kappa shape index (κ3) is 3.62. The van der Waals surface area contributed by atoms with Gasteiger partial charge in [0.1, 0.15) is 17.8 Å². The van der Waals surface area contributed by atoms with Gasteiger partial charge in [-0.3, -0.25) is 4.52 Å². The van der Waals surface area contributed by atoms with E-state index in [1.807, 2.05) is 10.6 Å². The molecule has 0 amide bonds. The topological polar surface area (TPSA) is 99.6 Å². The molecule has 174 valence electrons. The number of benzene rings is 1. The van der Waals surface area contributed by atoms with Gasteiger partial charge in [0.05, 0.1) is 5.60 Å². The zero-order valence-electron chi connectivity index (χ0n) is 19.2. The van der Waals surface area contributed by atoms with Gasteiger partial charge in [0.2, 0.25) is 5.82 Å². The second-order valence-corrected chi connectivity index (χ2v) is 9.80. The van der Waals surface area contributed by atoms with E-state index in [2.05, 4.69) is 49.6 Å². The first-order valence-corrected chi connectivity index (χ1v) is 11.4. The fourth-order valence-corrected chi connectivity index (χ4v) is 5.30. The highest BCUT2D eigenvalue weighted by Crippen LogP contribution is 2.56. The normalized spacial score (nSPS) is 26.3. The molecule has 1 N–H and O–H groups in total. The fraction of sp³-hybridized carbons (Fsp3) is 0.480. The molecular formula is C25H29N3O5. The van der Waals surface area contributed by atoms with Crippen molar-refractivity contribution >= 4 is 16.9 Å². The lowest BCUT2D eigenvalue weighted by molar-refractivity contribution is -0.0592. The molecule has 0 unspecified atom stereocenters. The third-order valence-corrected chi connectivity index (χ3v) is 7.00. The Kier molecular flexibility index (Phi) is 5.08. The summed E-state index contributed by atoms with van der Waals surface area (Å²) in [6.07, 6.45) is 4.26.